The number of nitrogens with zero attached hydrogens (tertiary/aromatic N) is 3. The van der Waals surface area contributed by atoms with Gasteiger partial charge in [-0.1, -0.05) is 35.0 Å². The summed E-state index contributed by atoms with van der Waals surface area (Å²) in [5.41, 5.74) is 0.319. The van der Waals surface area contributed by atoms with E-state index in [0.29, 0.717) is 21.6 Å². The number of halogens is 2. The molecule has 0 aliphatic carbocycles. The molecule has 2 heterocycles. The van der Waals surface area contributed by atoms with E-state index < -0.39 is 0 Å². The van der Waals surface area contributed by atoms with E-state index in [1.54, 1.807) is 23.9 Å². The van der Waals surface area contributed by atoms with E-state index in [-0.39, 0.29) is 5.91 Å². The quantitative estimate of drug-likeness (QED) is 0.918. The Labute approximate surface area is 129 Å². The number of amides is 1. The summed E-state index contributed by atoms with van der Waals surface area (Å²) < 4.78 is 1.89. The average Bonchev–Trinajstić information content (AvgIpc) is 2.85. The molecule has 104 valence electrons. The molecule has 1 aliphatic heterocycles. The Morgan fingerprint density at radius 2 is 2.20 bits per heavy atom. The van der Waals surface area contributed by atoms with Crippen molar-refractivity contribution in [3.63, 3.8) is 0 Å². The van der Waals surface area contributed by atoms with Crippen molar-refractivity contribution in [2.45, 2.75) is 18.1 Å². The molecule has 1 amide bonds. The molecule has 0 fully saturated rings. The average molecular weight is 329 g/mol. The summed E-state index contributed by atoms with van der Waals surface area (Å²) in [4.78, 5) is 12.2. The second-order valence-corrected chi connectivity index (χ2v) is 6.14. The van der Waals surface area contributed by atoms with Crippen LogP contribution in [0.4, 0.5) is 5.95 Å². The number of rotatable bonds is 2. The molecule has 0 saturated heterocycles. The minimum absolute atomic E-state index is 0.319. The number of carbonyl (C=O) groups excluding carboxylic acids is 1. The first kappa shape index (κ1) is 13.7. The van der Waals surface area contributed by atoms with Crippen LogP contribution in [-0.4, -0.2) is 26.4 Å². The standard InChI is InChI=1S/C12H10Cl2N4OS/c13-7-2-3-9(14)8(6-7)10(19)15-11-16-17-12-18(11)4-1-5-20-12/h2-3,6H,1,4-5H2,(H,15,16,19). The van der Waals surface area contributed by atoms with Crippen LogP contribution in [0.25, 0.3) is 0 Å². The lowest BCUT2D eigenvalue weighted by Gasteiger charge is -2.14. The molecule has 0 saturated carbocycles. The summed E-state index contributed by atoms with van der Waals surface area (Å²) in [7, 11) is 0. The smallest absolute Gasteiger partial charge is 0.259 e. The molecule has 1 aliphatic rings. The molecular weight excluding hydrogens is 319 g/mol. The van der Waals surface area contributed by atoms with Crippen LogP contribution in [0.5, 0.6) is 0 Å². The highest BCUT2D eigenvalue weighted by Gasteiger charge is 2.19. The van der Waals surface area contributed by atoms with Gasteiger partial charge < -0.3 is 0 Å². The Morgan fingerprint density at radius 1 is 1.35 bits per heavy atom. The van der Waals surface area contributed by atoms with E-state index in [1.165, 1.54) is 6.07 Å². The van der Waals surface area contributed by atoms with Crippen LogP contribution < -0.4 is 5.32 Å². The third-order valence-corrected chi connectivity index (χ3v) is 4.49. The van der Waals surface area contributed by atoms with Gasteiger partial charge in [0.05, 0.1) is 10.6 Å². The van der Waals surface area contributed by atoms with E-state index in [9.17, 15) is 4.79 Å². The normalized spacial score (nSPS) is 13.9. The summed E-state index contributed by atoms with van der Waals surface area (Å²) in [6.45, 7) is 0.800. The number of carbonyl (C=O) groups is 1. The number of anilines is 1. The van der Waals surface area contributed by atoms with Crippen LogP contribution >= 0.6 is 35.0 Å². The van der Waals surface area contributed by atoms with Gasteiger partial charge in [-0.3, -0.25) is 14.7 Å². The summed E-state index contributed by atoms with van der Waals surface area (Å²) in [6, 6.07) is 4.76. The maximum absolute atomic E-state index is 12.2. The fourth-order valence-electron chi connectivity index (χ4n) is 1.92. The molecule has 3 rings (SSSR count). The lowest BCUT2D eigenvalue weighted by atomic mass is 10.2. The number of aromatic nitrogens is 3. The molecule has 0 atom stereocenters. The van der Waals surface area contributed by atoms with E-state index in [4.69, 9.17) is 23.2 Å². The Bertz CT molecular complexity index is 673. The Balaban J connectivity index is 1.86. The van der Waals surface area contributed by atoms with Crippen molar-refractivity contribution in [3.05, 3.63) is 33.8 Å². The van der Waals surface area contributed by atoms with Gasteiger partial charge >= 0.3 is 0 Å². The van der Waals surface area contributed by atoms with Gasteiger partial charge in [-0.05, 0) is 24.6 Å². The Hall–Kier alpha value is -1.24. The first-order valence-electron chi connectivity index (χ1n) is 5.97. The molecule has 1 N–H and O–H groups in total. The molecule has 1 aromatic heterocycles. The predicted octanol–water partition coefficient (Wildman–Crippen LogP) is 3.33. The maximum Gasteiger partial charge on any atom is 0.259 e. The first-order chi connectivity index (χ1) is 9.65. The summed E-state index contributed by atoms with van der Waals surface area (Å²) in [5, 5.41) is 12.4. The number of thioether (sulfide) groups is 1. The summed E-state index contributed by atoms with van der Waals surface area (Å²) in [5.74, 6) is 1.11. The summed E-state index contributed by atoms with van der Waals surface area (Å²) in [6.07, 6.45) is 1.02. The Morgan fingerprint density at radius 3 is 3.05 bits per heavy atom. The number of hydrogen-bond donors (Lipinski definition) is 1. The molecule has 2 aromatic rings. The van der Waals surface area contributed by atoms with Crippen molar-refractivity contribution in [1.82, 2.24) is 14.8 Å². The maximum atomic E-state index is 12.2. The van der Waals surface area contributed by atoms with Gasteiger partial charge in [0.2, 0.25) is 5.95 Å². The van der Waals surface area contributed by atoms with Crippen LogP contribution in [0, 0.1) is 0 Å². The van der Waals surface area contributed by atoms with Crippen molar-refractivity contribution in [2.75, 3.05) is 11.1 Å². The topological polar surface area (TPSA) is 59.8 Å². The van der Waals surface area contributed by atoms with Gasteiger partial charge in [0, 0.05) is 17.3 Å². The molecule has 1 aromatic carbocycles. The highest BCUT2D eigenvalue weighted by Crippen LogP contribution is 2.26. The molecule has 20 heavy (non-hydrogen) atoms. The fraction of sp³-hybridized carbons (Fsp3) is 0.250. The second-order valence-electron chi connectivity index (χ2n) is 4.24. The van der Waals surface area contributed by atoms with Crippen molar-refractivity contribution in [1.29, 1.82) is 0 Å². The first-order valence-corrected chi connectivity index (χ1v) is 7.72. The van der Waals surface area contributed by atoms with Crippen LogP contribution in [0.3, 0.4) is 0 Å². The van der Waals surface area contributed by atoms with Gasteiger partial charge in [0.1, 0.15) is 0 Å². The zero-order valence-corrected chi connectivity index (χ0v) is 12.6. The largest absolute Gasteiger partial charge is 0.290 e. The van der Waals surface area contributed by atoms with E-state index in [2.05, 4.69) is 15.5 Å². The van der Waals surface area contributed by atoms with Crippen molar-refractivity contribution >= 4 is 46.8 Å². The zero-order chi connectivity index (χ0) is 14.1. The van der Waals surface area contributed by atoms with Crippen LogP contribution in [0.1, 0.15) is 16.8 Å². The highest BCUT2D eigenvalue weighted by atomic mass is 35.5. The molecule has 0 bridgehead atoms. The van der Waals surface area contributed by atoms with Crippen LogP contribution in [0.15, 0.2) is 23.4 Å². The van der Waals surface area contributed by atoms with Crippen molar-refractivity contribution < 1.29 is 4.79 Å². The molecule has 0 unspecified atom stereocenters. The van der Waals surface area contributed by atoms with Gasteiger partial charge in [0.15, 0.2) is 5.16 Å². The van der Waals surface area contributed by atoms with Gasteiger partial charge in [-0.25, -0.2) is 0 Å². The van der Waals surface area contributed by atoms with Crippen molar-refractivity contribution in [2.24, 2.45) is 0 Å². The predicted molar refractivity (Wildman–Crippen MR) is 79.8 cm³/mol. The minimum atomic E-state index is -0.344. The number of benzene rings is 1. The second kappa shape index (κ2) is 5.63. The van der Waals surface area contributed by atoms with Gasteiger partial charge in [-0.15, -0.1) is 10.2 Å². The number of nitrogens with one attached hydrogen (secondary N) is 1. The monoisotopic (exact) mass is 328 g/mol. The van der Waals surface area contributed by atoms with Crippen molar-refractivity contribution in [3.8, 4) is 0 Å². The number of hydrogen-bond acceptors (Lipinski definition) is 4. The SMILES string of the molecule is O=C(Nc1nnc2n1CCCS2)c1cc(Cl)ccc1Cl. The van der Waals surface area contributed by atoms with Crippen LogP contribution in [0.2, 0.25) is 10.0 Å². The minimum Gasteiger partial charge on any atom is -0.290 e. The van der Waals surface area contributed by atoms with E-state index in [0.717, 1.165) is 23.9 Å². The molecular formula is C12H10Cl2N4OS. The number of fused-ring (bicyclic) bond motifs is 1. The van der Waals surface area contributed by atoms with Gasteiger partial charge in [0.25, 0.3) is 5.91 Å². The third kappa shape index (κ3) is 2.63. The zero-order valence-electron chi connectivity index (χ0n) is 10.3. The van der Waals surface area contributed by atoms with E-state index >= 15 is 0 Å². The molecule has 0 spiro atoms. The third-order valence-electron chi connectivity index (χ3n) is 2.87. The fourth-order valence-corrected chi connectivity index (χ4v) is 3.18. The van der Waals surface area contributed by atoms with Gasteiger partial charge in [-0.2, -0.15) is 0 Å². The molecule has 0 radical (unpaired) electrons. The lowest BCUT2D eigenvalue weighted by Crippen LogP contribution is -2.18. The highest BCUT2D eigenvalue weighted by molar-refractivity contribution is 7.99. The molecule has 5 nitrogen and oxygen atoms in total. The lowest BCUT2D eigenvalue weighted by molar-refractivity contribution is 0.102. The Kier molecular flexibility index (Phi) is 3.87. The summed E-state index contributed by atoms with van der Waals surface area (Å²) >= 11 is 13.5. The molecule has 8 heteroatoms. The van der Waals surface area contributed by atoms with Crippen LogP contribution in [-0.2, 0) is 6.54 Å². The van der Waals surface area contributed by atoms with E-state index in [1.807, 2.05) is 4.57 Å².